The van der Waals surface area contributed by atoms with Crippen LogP contribution in [0.4, 0.5) is 24.1 Å². The second-order valence-corrected chi connectivity index (χ2v) is 10.5. The van der Waals surface area contributed by atoms with Gasteiger partial charge in [-0.05, 0) is 62.8 Å². The molecular formula is C28H30F3N5O2S. The quantitative estimate of drug-likeness (QED) is 0.230. The number of pyridine rings is 1. The van der Waals surface area contributed by atoms with Crippen molar-refractivity contribution in [3.8, 4) is 22.8 Å². The van der Waals surface area contributed by atoms with Crippen LogP contribution in [0.1, 0.15) is 31.9 Å². The van der Waals surface area contributed by atoms with Crippen molar-refractivity contribution in [3.05, 3.63) is 59.7 Å². The lowest BCUT2D eigenvalue weighted by Gasteiger charge is -2.22. The van der Waals surface area contributed by atoms with E-state index in [9.17, 15) is 18.0 Å². The van der Waals surface area contributed by atoms with Crippen molar-refractivity contribution in [1.29, 1.82) is 0 Å². The molecule has 0 aliphatic carbocycles. The van der Waals surface area contributed by atoms with Crippen molar-refractivity contribution in [2.75, 3.05) is 31.3 Å². The Labute approximate surface area is 229 Å². The molecule has 1 amide bonds. The molecule has 2 aromatic carbocycles. The fraction of sp³-hybridized carbons (Fsp3) is 0.321. The monoisotopic (exact) mass is 557 g/mol. The number of likely N-dealkylation sites (N-methyl/N-ethyl adjacent to an activating group) is 1. The van der Waals surface area contributed by atoms with Gasteiger partial charge in [0.25, 0.3) is 0 Å². The van der Waals surface area contributed by atoms with Crippen molar-refractivity contribution in [2.45, 2.75) is 39.4 Å². The fourth-order valence-corrected chi connectivity index (χ4v) is 5.25. The number of anilines is 2. The Morgan fingerprint density at radius 1 is 1.13 bits per heavy atom. The predicted molar refractivity (Wildman–Crippen MR) is 150 cm³/mol. The number of alkyl halides is 3. The summed E-state index contributed by atoms with van der Waals surface area (Å²) in [7, 11) is 3.95. The van der Waals surface area contributed by atoms with Crippen LogP contribution in [-0.4, -0.2) is 47.5 Å². The van der Waals surface area contributed by atoms with E-state index in [-0.39, 0.29) is 17.8 Å². The molecule has 0 spiro atoms. The number of carbonyl (C=O) groups is 1. The molecule has 0 bridgehead atoms. The van der Waals surface area contributed by atoms with Crippen LogP contribution >= 0.6 is 11.3 Å². The molecule has 2 aromatic heterocycles. The Hall–Kier alpha value is -3.70. The second kappa shape index (κ2) is 11.6. The summed E-state index contributed by atoms with van der Waals surface area (Å²) in [6, 6.07) is 12.3. The Balaban J connectivity index is 1.80. The molecule has 206 valence electrons. The average Bonchev–Trinajstić information content (AvgIpc) is 3.25. The Kier molecular flexibility index (Phi) is 8.41. The van der Waals surface area contributed by atoms with Crippen LogP contribution in [0.5, 0.6) is 11.6 Å². The molecule has 0 saturated carbocycles. The summed E-state index contributed by atoms with van der Waals surface area (Å²) in [5.41, 5.74) is 2.07. The maximum absolute atomic E-state index is 13.2. The molecule has 0 aliphatic heterocycles. The van der Waals surface area contributed by atoms with Crippen molar-refractivity contribution < 1.29 is 22.7 Å². The lowest BCUT2D eigenvalue weighted by Crippen LogP contribution is -2.30. The first-order valence-electron chi connectivity index (χ1n) is 12.4. The number of ether oxygens (including phenoxy) is 1. The standard InChI is InChI=1S/C28H30F3N5O2S/c1-6-20-21(18-10-12-19(13-11-18)28(29,30)31)14-24(34-26(20)32-16(2)15-36(4)5)38-22-8-7-9-23-25(22)35-27(39-23)33-17(3)37/h7-14,16H,6,15H2,1-5H3,(H,32,34)(H,33,35,37). The molecule has 0 radical (unpaired) electrons. The molecule has 0 saturated heterocycles. The molecule has 0 aliphatic rings. The summed E-state index contributed by atoms with van der Waals surface area (Å²) in [5.74, 6) is 1.09. The van der Waals surface area contributed by atoms with Gasteiger partial charge in [0.2, 0.25) is 11.8 Å². The molecule has 11 heteroatoms. The van der Waals surface area contributed by atoms with E-state index in [4.69, 9.17) is 9.72 Å². The smallest absolute Gasteiger partial charge is 0.416 e. The van der Waals surface area contributed by atoms with E-state index in [0.717, 1.165) is 34.5 Å². The summed E-state index contributed by atoms with van der Waals surface area (Å²) < 4.78 is 46.7. The van der Waals surface area contributed by atoms with Crippen LogP contribution in [0.2, 0.25) is 0 Å². The van der Waals surface area contributed by atoms with Gasteiger partial charge in [-0.15, -0.1) is 0 Å². The van der Waals surface area contributed by atoms with Crippen molar-refractivity contribution >= 4 is 38.4 Å². The number of carbonyl (C=O) groups excluding carboxylic acids is 1. The van der Waals surface area contributed by atoms with E-state index in [1.165, 1.54) is 30.4 Å². The first kappa shape index (κ1) is 28.3. The van der Waals surface area contributed by atoms with Gasteiger partial charge in [0.15, 0.2) is 10.9 Å². The van der Waals surface area contributed by atoms with Crippen molar-refractivity contribution in [2.24, 2.45) is 0 Å². The van der Waals surface area contributed by atoms with E-state index >= 15 is 0 Å². The van der Waals surface area contributed by atoms with Gasteiger partial charge in [0.1, 0.15) is 11.3 Å². The van der Waals surface area contributed by atoms with Gasteiger partial charge in [-0.2, -0.15) is 18.2 Å². The normalized spacial score (nSPS) is 12.5. The number of nitrogens with one attached hydrogen (secondary N) is 2. The van der Waals surface area contributed by atoms with Gasteiger partial charge in [-0.3, -0.25) is 4.79 Å². The molecule has 39 heavy (non-hydrogen) atoms. The first-order valence-corrected chi connectivity index (χ1v) is 13.2. The molecule has 2 N–H and O–H groups in total. The maximum atomic E-state index is 13.2. The minimum absolute atomic E-state index is 0.0377. The zero-order valence-corrected chi connectivity index (χ0v) is 23.1. The third-order valence-corrected chi connectivity index (χ3v) is 6.82. The Morgan fingerprint density at radius 3 is 2.46 bits per heavy atom. The summed E-state index contributed by atoms with van der Waals surface area (Å²) in [5, 5.41) is 6.60. The highest BCUT2D eigenvalue weighted by Crippen LogP contribution is 2.38. The fourth-order valence-electron chi connectivity index (χ4n) is 4.32. The average molecular weight is 558 g/mol. The van der Waals surface area contributed by atoms with Gasteiger partial charge in [0, 0.05) is 31.1 Å². The Morgan fingerprint density at radius 2 is 1.85 bits per heavy atom. The van der Waals surface area contributed by atoms with Crippen LogP contribution in [0.15, 0.2) is 48.5 Å². The summed E-state index contributed by atoms with van der Waals surface area (Å²) in [6.45, 7) is 6.17. The van der Waals surface area contributed by atoms with Gasteiger partial charge in [-0.25, -0.2) is 4.98 Å². The van der Waals surface area contributed by atoms with Crippen LogP contribution in [-0.2, 0) is 17.4 Å². The number of hydrogen-bond acceptors (Lipinski definition) is 7. The maximum Gasteiger partial charge on any atom is 0.416 e. The van der Waals surface area contributed by atoms with Gasteiger partial charge < -0.3 is 20.3 Å². The third kappa shape index (κ3) is 6.85. The molecule has 1 atom stereocenters. The highest BCUT2D eigenvalue weighted by Gasteiger charge is 2.30. The number of amides is 1. The zero-order chi connectivity index (χ0) is 28.3. The van der Waals surface area contributed by atoms with Crippen LogP contribution in [0.3, 0.4) is 0 Å². The van der Waals surface area contributed by atoms with E-state index < -0.39 is 11.7 Å². The molecule has 1 unspecified atom stereocenters. The zero-order valence-electron chi connectivity index (χ0n) is 22.3. The molecule has 4 aromatic rings. The van der Waals surface area contributed by atoms with E-state index in [1.54, 1.807) is 12.1 Å². The number of para-hydroxylation sites is 1. The van der Waals surface area contributed by atoms with Crippen molar-refractivity contribution in [1.82, 2.24) is 14.9 Å². The summed E-state index contributed by atoms with van der Waals surface area (Å²) in [6.07, 6.45) is -3.82. The highest BCUT2D eigenvalue weighted by atomic mass is 32.1. The Bertz CT molecular complexity index is 1470. The third-order valence-electron chi connectivity index (χ3n) is 5.88. The number of rotatable bonds is 9. The largest absolute Gasteiger partial charge is 0.437 e. The van der Waals surface area contributed by atoms with Gasteiger partial charge in [0.05, 0.1) is 10.3 Å². The number of fused-ring (bicyclic) bond motifs is 1. The molecule has 2 heterocycles. The highest BCUT2D eigenvalue weighted by molar-refractivity contribution is 7.22. The lowest BCUT2D eigenvalue weighted by atomic mass is 9.97. The van der Waals surface area contributed by atoms with Crippen LogP contribution in [0, 0.1) is 0 Å². The van der Waals surface area contributed by atoms with E-state index in [2.05, 4.69) is 20.5 Å². The van der Waals surface area contributed by atoms with E-state index in [1.807, 2.05) is 40.1 Å². The minimum Gasteiger partial charge on any atom is -0.437 e. The van der Waals surface area contributed by atoms with Crippen LogP contribution < -0.4 is 15.4 Å². The number of thiazole rings is 1. The number of aromatic nitrogens is 2. The number of halogens is 3. The second-order valence-electron chi connectivity index (χ2n) is 9.48. The molecule has 4 rings (SSSR count). The lowest BCUT2D eigenvalue weighted by molar-refractivity contribution is -0.137. The van der Waals surface area contributed by atoms with Crippen LogP contribution in [0.25, 0.3) is 21.3 Å². The topological polar surface area (TPSA) is 79.4 Å². The van der Waals surface area contributed by atoms with Gasteiger partial charge >= 0.3 is 6.18 Å². The number of nitrogens with zero attached hydrogens (tertiary/aromatic N) is 3. The molecular weight excluding hydrogens is 527 g/mol. The summed E-state index contributed by atoms with van der Waals surface area (Å²) >= 11 is 1.32. The summed E-state index contributed by atoms with van der Waals surface area (Å²) in [4.78, 5) is 22.8. The molecule has 0 fully saturated rings. The van der Waals surface area contributed by atoms with Gasteiger partial charge in [-0.1, -0.05) is 36.5 Å². The molecule has 7 nitrogen and oxygen atoms in total. The van der Waals surface area contributed by atoms with Crippen molar-refractivity contribution in [3.63, 3.8) is 0 Å². The predicted octanol–water partition coefficient (Wildman–Crippen LogP) is 7.05. The number of hydrogen-bond donors (Lipinski definition) is 2. The minimum atomic E-state index is -4.42. The number of benzene rings is 2. The van der Waals surface area contributed by atoms with E-state index in [0.29, 0.717) is 34.2 Å². The first-order chi connectivity index (χ1) is 18.4. The SMILES string of the molecule is CCc1c(-c2ccc(C(F)(F)F)cc2)cc(Oc2cccc3sc(NC(C)=O)nc23)nc1NC(C)CN(C)C.